The molecule has 1 saturated heterocycles. The van der Waals surface area contributed by atoms with E-state index in [0.29, 0.717) is 12.2 Å². The summed E-state index contributed by atoms with van der Waals surface area (Å²) in [6.07, 6.45) is 0.318. The summed E-state index contributed by atoms with van der Waals surface area (Å²) in [7, 11) is -1.11. The van der Waals surface area contributed by atoms with Gasteiger partial charge in [0.1, 0.15) is 11.3 Å². The van der Waals surface area contributed by atoms with Crippen LogP contribution in [0.3, 0.4) is 0 Å². The molecule has 0 spiro atoms. The highest BCUT2D eigenvalue weighted by Crippen LogP contribution is 2.29. The lowest BCUT2D eigenvalue weighted by molar-refractivity contribution is -0.143. The predicted octanol–water partition coefficient (Wildman–Crippen LogP) is 0.528. The summed E-state index contributed by atoms with van der Waals surface area (Å²) in [5, 5.41) is 11.5. The van der Waals surface area contributed by atoms with Crippen LogP contribution in [0.2, 0.25) is 0 Å². The number of hydrogen-bond acceptors (Lipinski definition) is 6. The number of carbonyl (C=O) groups excluding carboxylic acids is 1. The number of furan rings is 1. The zero-order valence-corrected chi connectivity index (χ0v) is 14.6. The van der Waals surface area contributed by atoms with Gasteiger partial charge in [-0.25, -0.2) is 17.5 Å². The van der Waals surface area contributed by atoms with E-state index < -0.39 is 27.4 Å². The molecule has 128 valence electrons. The molecule has 1 unspecified atom stereocenters. The van der Waals surface area contributed by atoms with Crippen molar-refractivity contribution in [1.82, 2.24) is 9.62 Å². The van der Waals surface area contributed by atoms with E-state index in [0.717, 1.165) is 10.4 Å². The number of amides is 1. The zero-order valence-electron chi connectivity index (χ0n) is 13.0. The second kappa shape index (κ2) is 6.17. The van der Waals surface area contributed by atoms with Crippen LogP contribution in [-0.4, -0.2) is 60.8 Å². The van der Waals surface area contributed by atoms with Crippen molar-refractivity contribution in [2.45, 2.75) is 24.0 Å². The molecule has 1 fully saturated rings. The van der Waals surface area contributed by atoms with Crippen molar-refractivity contribution >= 4 is 33.7 Å². The maximum absolute atomic E-state index is 12.4. The lowest BCUT2D eigenvalue weighted by Gasteiger charge is -2.24. The number of thioether (sulfide) groups is 1. The Balaban J connectivity index is 2.31. The largest absolute Gasteiger partial charge is 0.479 e. The Hall–Kier alpha value is -1.52. The Morgan fingerprint density at radius 3 is 2.57 bits per heavy atom. The van der Waals surface area contributed by atoms with Crippen molar-refractivity contribution in [2.24, 2.45) is 0 Å². The van der Waals surface area contributed by atoms with Gasteiger partial charge in [-0.3, -0.25) is 4.79 Å². The number of nitrogens with zero attached hydrogens (tertiary/aromatic N) is 1. The average Bonchev–Trinajstić information content (AvgIpc) is 3.06. The third kappa shape index (κ3) is 3.24. The first kappa shape index (κ1) is 17.8. The summed E-state index contributed by atoms with van der Waals surface area (Å²) < 4.78 is 30.2. The van der Waals surface area contributed by atoms with Gasteiger partial charge in [0.05, 0.1) is 5.56 Å². The highest BCUT2D eigenvalue weighted by atomic mass is 32.2. The molecule has 1 atom stereocenters. The number of sulfonamides is 1. The fourth-order valence-corrected chi connectivity index (χ4v) is 4.34. The molecule has 0 radical (unpaired) electrons. The summed E-state index contributed by atoms with van der Waals surface area (Å²) in [6, 6.07) is 1.12. The van der Waals surface area contributed by atoms with Gasteiger partial charge in [0.25, 0.3) is 15.9 Å². The fourth-order valence-electron chi connectivity index (χ4n) is 2.16. The van der Waals surface area contributed by atoms with Gasteiger partial charge in [0, 0.05) is 25.9 Å². The molecular formula is C13H18N2O6S2. The Morgan fingerprint density at radius 1 is 1.43 bits per heavy atom. The minimum atomic E-state index is -3.80. The topological polar surface area (TPSA) is 117 Å². The molecule has 1 amide bonds. The molecule has 1 aliphatic heterocycles. The lowest BCUT2D eigenvalue weighted by atomic mass is 9.98. The van der Waals surface area contributed by atoms with Gasteiger partial charge >= 0.3 is 5.97 Å². The van der Waals surface area contributed by atoms with Gasteiger partial charge in [-0.05, 0) is 19.1 Å². The molecule has 0 aromatic carbocycles. The molecule has 8 nitrogen and oxygen atoms in total. The Morgan fingerprint density at radius 2 is 2.09 bits per heavy atom. The molecule has 2 rings (SSSR count). The molecule has 23 heavy (non-hydrogen) atoms. The average molecular weight is 362 g/mol. The molecule has 0 aliphatic carbocycles. The molecular weight excluding hydrogens is 344 g/mol. The number of rotatable bonds is 5. The highest BCUT2D eigenvalue weighted by Gasteiger charge is 2.44. The molecule has 1 aliphatic rings. The number of aryl methyl sites for hydroxylation is 1. The lowest BCUT2D eigenvalue weighted by Crippen LogP contribution is -2.54. The van der Waals surface area contributed by atoms with E-state index in [1.165, 1.54) is 32.8 Å². The van der Waals surface area contributed by atoms with E-state index in [-0.39, 0.29) is 22.2 Å². The second-order valence-corrected chi connectivity index (χ2v) is 8.65. The van der Waals surface area contributed by atoms with E-state index in [1.54, 1.807) is 0 Å². The molecule has 1 aromatic heterocycles. The Labute approximate surface area is 138 Å². The van der Waals surface area contributed by atoms with Crippen molar-refractivity contribution in [3.05, 3.63) is 17.4 Å². The molecule has 10 heteroatoms. The molecule has 1 aromatic rings. The zero-order chi connectivity index (χ0) is 17.4. The van der Waals surface area contributed by atoms with Crippen molar-refractivity contribution < 1.29 is 27.5 Å². The molecule has 2 N–H and O–H groups in total. The van der Waals surface area contributed by atoms with Gasteiger partial charge < -0.3 is 14.8 Å². The molecule has 2 heterocycles. The van der Waals surface area contributed by atoms with Crippen LogP contribution in [0.25, 0.3) is 0 Å². The summed E-state index contributed by atoms with van der Waals surface area (Å²) in [4.78, 5) is 23.9. The summed E-state index contributed by atoms with van der Waals surface area (Å²) >= 11 is 1.44. The number of carbonyl (C=O) groups is 2. The van der Waals surface area contributed by atoms with Crippen LogP contribution in [0, 0.1) is 6.92 Å². The van der Waals surface area contributed by atoms with Gasteiger partial charge in [-0.1, -0.05) is 0 Å². The van der Waals surface area contributed by atoms with Crippen molar-refractivity contribution in [3.8, 4) is 0 Å². The quantitative estimate of drug-likeness (QED) is 0.784. The summed E-state index contributed by atoms with van der Waals surface area (Å²) in [5.74, 6) is -0.728. The third-order valence-electron chi connectivity index (χ3n) is 3.66. The third-order valence-corrected chi connectivity index (χ3v) is 6.52. The first-order chi connectivity index (χ1) is 10.6. The normalized spacial score (nSPS) is 21.6. The van der Waals surface area contributed by atoms with E-state index in [9.17, 15) is 23.1 Å². The van der Waals surface area contributed by atoms with Gasteiger partial charge in [0.15, 0.2) is 0 Å². The number of carboxylic acid groups (broad SMARTS) is 1. The Kier molecular flexibility index (Phi) is 4.79. The van der Waals surface area contributed by atoms with Crippen LogP contribution in [0.4, 0.5) is 0 Å². The summed E-state index contributed by atoms with van der Waals surface area (Å²) in [6.45, 7) is 1.46. The van der Waals surface area contributed by atoms with Crippen LogP contribution in [0.1, 0.15) is 22.5 Å². The number of hydrogen-bond donors (Lipinski definition) is 2. The highest BCUT2D eigenvalue weighted by molar-refractivity contribution is 7.99. The second-order valence-electron chi connectivity index (χ2n) is 5.47. The smallest absolute Gasteiger partial charge is 0.330 e. The number of nitrogens with one attached hydrogen (secondary N) is 1. The maximum Gasteiger partial charge on any atom is 0.330 e. The van der Waals surface area contributed by atoms with Gasteiger partial charge in [-0.15, -0.1) is 0 Å². The van der Waals surface area contributed by atoms with Crippen LogP contribution in [0.15, 0.2) is 15.6 Å². The minimum Gasteiger partial charge on any atom is -0.479 e. The van der Waals surface area contributed by atoms with Crippen molar-refractivity contribution in [3.63, 3.8) is 0 Å². The Bertz CT molecular complexity index is 732. The van der Waals surface area contributed by atoms with Crippen LogP contribution < -0.4 is 5.32 Å². The standard InChI is InChI=1S/C13H18N2O6S2/c1-8-9(6-10(21-8)23(19,20)15(2)3)11(16)14-13(12(17)18)4-5-22-7-13/h6H,4-5,7H2,1-3H3,(H,14,16)(H,17,18). The predicted molar refractivity (Wildman–Crippen MR) is 84.1 cm³/mol. The van der Waals surface area contributed by atoms with Crippen molar-refractivity contribution in [2.75, 3.05) is 25.6 Å². The molecule has 0 saturated carbocycles. The monoisotopic (exact) mass is 362 g/mol. The van der Waals surface area contributed by atoms with E-state index in [1.807, 2.05) is 0 Å². The fraction of sp³-hybridized carbons (Fsp3) is 0.538. The van der Waals surface area contributed by atoms with Crippen LogP contribution in [0.5, 0.6) is 0 Å². The number of carboxylic acids is 1. The van der Waals surface area contributed by atoms with E-state index in [4.69, 9.17) is 4.42 Å². The van der Waals surface area contributed by atoms with Crippen LogP contribution >= 0.6 is 11.8 Å². The summed E-state index contributed by atoms with van der Waals surface area (Å²) in [5.41, 5.74) is -1.31. The first-order valence-corrected chi connectivity index (χ1v) is 9.36. The maximum atomic E-state index is 12.4. The SMILES string of the molecule is Cc1oc(S(=O)(=O)N(C)C)cc1C(=O)NC1(C(=O)O)CCSC1. The molecule has 0 bridgehead atoms. The van der Waals surface area contributed by atoms with Crippen molar-refractivity contribution in [1.29, 1.82) is 0 Å². The first-order valence-electron chi connectivity index (χ1n) is 6.77. The van der Waals surface area contributed by atoms with Crippen LogP contribution in [-0.2, 0) is 14.8 Å². The van der Waals surface area contributed by atoms with E-state index >= 15 is 0 Å². The van der Waals surface area contributed by atoms with Gasteiger partial charge in [-0.2, -0.15) is 11.8 Å². The van der Waals surface area contributed by atoms with E-state index in [2.05, 4.69) is 5.32 Å². The van der Waals surface area contributed by atoms with Gasteiger partial charge in [0.2, 0.25) is 5.09 Å². The minimum absolute atomic E-state index is 0.0166. The number of aliphatic carboxylic acids is 1.